The maximum atomic E-state index is 6.26. The predicted molar refractivity (Wildman–Crippen MR) is 45.6 cm³/mol. The molecule has 4 N–H and O–H groups in total. The van der Waals surface area contributed by atoms with Crippen molar-refractivity contribution in [1.29, 1.82) is 0 Å². The Labute approximate surface area is 72.4 Å². The van der Waals surface area contributed by atoms with Crippen LogP contribution >= 0.6 is 0 Å². The molecule has 1 spiro atoms. The molecule has 2 aliphatic carbocycles. The molecule has 4 aliphatic rings. The van der Waals surface area contributed by atoms with E-state index in [1.165, 1.54) is 6.42 Å². The van der Waals surface area contributed by atoms with E-state index < -0.39 is 0 Å². The molecule has 0 unspecified atom stereocenters. The molecule has 4 fully saturated rings. The Hall–Kier alpha value is -0.120. The van der Waals surface area contributed by atoms with Gasteiger partial charge in [0.05, 0.1) is 16.7 Å². The van der Waals surface area contributed by atoms with Crippen LogP contribution < -0.4 is 11.5 Å². The second kappa shape index (κ2) is 1.72. The summed E-state index contributed by atoms with van der Waals surface area (Å²) < 4.78 is 6.05. The molecule has 0 amide bonds. The number of hydrogen-bond acceptors (Lipinski definition) is 3. The van der Waals surface area contributed by atoms with E-state index in [-0.39, 0.29) is 16.7 Å². The molecule has 3 heteroatoms. The largest absolute Gasteiger partial charge is 0.365 e. The summed E-state index contributed by atoms with van der Waals surface area (Å²) in [6.07, 6.45) is 5.59. The molecule has 0 aromatic heterocycles. The van der Waals surface area contributed by atoms with Crippen LogP contribution in [0.3, 0.4) is 0 Å². The van der Waals surface area contributed by atoms with Gasteiger partial charge >= 0.3 is 0 Å². The van der Waals surface area contributed by atoms with E-state index in [4.69, 9.17) is 16.2 Å². The van der Waals surface area contributed by atoms with Crippen LogP contribution in [0, 0.1) is 0 Å². The molecule has 2 saturated heterocycles. The first-order valence-electron chi connectivity index (χ1n) is 4.83. The Morgan fingerprint density at radius 3 is 2.17 bits per heavy atom. The summed E-state index contributed by atoms with van der Waals surface area (Å²) in [6, 6.07) is 0. The minimum atomic E-state index is -0.0187. The Kier molecular flexibility index (Phi) is 1.04. The Balaban J connectivity index is 1.92. The Morgan fingerprint density at radius 2 is 1.92 bits per heavy atom. The van der Waals surface area contributed by atoms with Gasteiger partial charge in [0.15, 0.2) is 0 Å². The third-order valence-corrected chi connectivity index (χ3v) is 4.13. The Morgan fingerprint density at radius 1 is 1.25 bits per heavy atom. The lowest BCUT2D eigenvalue weighted by Crippen LogP contribution is -2.65. The van der Waals surface area contributed by atoms with Crippen molar-refractivity contribution in [3.05, 3.63) is 0 Å². The number of rotatable bonds is 1. The second-order valence-corrected chi connectivity index (χ2v) is 4.85. The SMILES string of the molecule is NCC12CC(N)(C1)C1(CCC1)O2. The topological polar surface area (TPSA) is 61.3 Å². The van der Waals surface area contributed by atoms with Crippen LogP contribution in [-0.2, 0) is 4.74 Å². The zero-order chi connectivity index (χ0) is 8.45. The number of ether oxygens (including phenoxy) is 1. The van der Waals surface area contributed by atoms with Crippen LogP contribution in [0.2, 0.25) is 0 Å². The third-order valence-electron chi connectivity index (χ3n) is 4.13. The van der Waals surface area contributed by atoms with Crippen LogP contribution in [0.4, 0.5) is 0 Å². The number of nitrogens with two attached hydrogens (primary N) is 2. The molecule has 2 aliphatic heterocycles. The quantitative estimate of drug-likeness (QED) is 0.585. The minimum Gasteiger partial charge on any atom is -0.365 e. The lowest BCUT2D eigenvalue weighted by atomic mass is 9.57. The number of hydrogen-bond donors (Lipinski definition) is 2. The van der Waals surface area contributed by atoms with Gasteiger partial charge in [0.2, 0.25) is 0 Å². The molecule has 4 rings (SSSR count). The van der Waals surface area contributed by atoms with Gasteiger partial charge in [-0.3, -0.25) is 0 Å². The van der Waals surface area contributed by atoms with Crippen LogP contribution in [0.15, 0.2) is 0 Å². The van der Waals surface area contributed by atoms with Crippen LogP contribution in [0.1, 0.15) is 32.1 Å². The first-order chi connectivity index (χ1) is 5.64. The average Bonchev–Trinajstić information content (AvgIpc) is 2.31. The predicted octanol–water partition coefficient (Wildman–Crippen LogP) is 0.128. The van der Waals surface area contributed by atoms with Gasteiger partial charge in [-0.2, -0.15) is 0 Å². The molecular weight excluding hydrogens is 152 g/mol. The summed E-state index contributed by atoms with van der Waals surface area (Å²) >= 11 is 0. The maximum absolute atomic E-state index is 6.26. The van der Waals surface area contributed by atoms with Crippen molar-refractivity contribution in [2.45, 2.75) is 48.8 Å². The fraction of sp³-hybridized carbons (Fsp3) is 1.00. The van der Waals surface area contributed by atoms with Gasteiger partial charge < -0.3 is 16.2 Å². The van der Waals surface area contributed by atoms with Crippen molar-refractivity contribution in [2.75, 3.05) is 6.54 Å². The summed E-state index contributed by atoms with van der Waals surface area (Å²) in [5.74, 6) is 0. The fourth-order valence-electron chi connectivity index (χ4n) is 3.29. The summed E-state index contributed by atoms with van der Waals surface area (Å²) in [5.41, 5.74) is 12.0. The van der Waals surface area contributed by atoms with Gasteiger partial charge in [-0.05, 0) is 32.1 Å². The van der Waals surface area contributed by atoms with E-state index in [2.05, 4.69) is 0 Å². The molecule has 68 valence electrons. The minimum absolute atomic E-state index is 0.00931. The average molecular weight is 168 g/mol. The van der Waals surface area contributed by atoms with E-state index in [9.17, 15) is 0 Å². The van der Waals surface area contributed by atoms with E-state index in [0.29, 0.717) is 6.54 Å². The summed E-state index contributed by atoms with van der Waals surface area (Å²) in [5, 5.41) is 0. The highest BCUT2D eigenvalue weighted by molar-refractivity contribution is 5.28. The van der Waals surface area contributed by atoms with Crippen molar-refractivity contribution in [2.24, 2.45) is 11.5 Å². The maximum Gasteiger partial charge on any atom is 0.0871 e. The summed E-state index contributed by atoms with van der Waals surface area (Å²) in [7, 11) is 0. The third kappa shape index (κ3) is 0.543. The van der Waals surface area contributed by atoms with E-state index in [1.54, 1.807) is 0 Å². The van der Waals surface area contributed by atoms with Crippen molar-refractivity contribution in [3.63, 3.8) is 0 Å². The zero-order valence-electron chi connectivity index (χ0n) is 7.31. The highest BCUT2D eigenvalue weighted by Crippen LogP contribution is 2.65. The second-order valence-electron chi connectivity index (χ2n) is 4.85. The van der Waals surface area contributed by atoms with Crippen molar-refractivity contribution >= 4 is 0 Å². The van der Waals surface area contributed by atoms with Crippen molar-refractivity contribution in [3.8, 4) is 0 Å². The molecular formula is C9H16N2O. The normalized spacial score (nSPS) is 53.5. The molecule has 12 heavy (non-hydrogen) atoms. The first-order valence-corrected chi connectivity index (χ1v) is 4.83. The molecule has 2 bridgehead atoms. The monoisotopic (exact) mass is 168 g/mol. The summed E-state index contributed by atoms with van der Waals surface area (Å²) in [6.45, 7) is 0.647. The molecule has 0 atom stereocenters. The van der Waals surface area contributed by atoms with Gasteiger partial charge in [0.1, 0.15) is 0 Å². The zero-order valence-corrected chi connectivity index (χ0v) is 7.31. The standard InChI is InChI=1S/C9H16N2O/c10-6-7-4-8(11,5-7)9(12-7)2-1-3-9/h1-6,10-11H2. The highest BCUT2D eigenvalue weighted by Gasteiger charge is 2.74. The molecule has 2 saturated carbocycles. The van der Waals surface area contributed by atoms with E-state index in [1.807, 2.05) is 0 Å². The van der Waals surface area contributed by atoms with Crippen molar-refractivity contribution < 1.29 is 4.74 Å². The fourth-order valence-corrected chi connectivity index (χ4v) is 3.29. The summed E-state index contributed by atoms with van der Waals surface area (Å²) in [4.78, 5) is 0. The first kappa shape index (κ1) is 7.30. The lowest BCUT2D eigenvalue weighted by molar-refractivity contribution is -0.104. The van der Waals surface area contributed by atoms with Crippen molar-refractivity contribution in [1.82, 2.24) is 0 Å². The van der Waals surface area contributed by atoms with Crippen LogP contribution in [0.5, 0.6) is 0 Å². The molecule has 0 aromatic rings. The lowest BCUT2D eigenvalue weighted by Gasteiger charge is -2.48. The van der Waals surface area contributed by atoms with Crippen LogP contribution in [-0.4, -0.2) is 23.3 Å². The smallest absolute Gasteiger partial charge is 0.0871 e. The van der Waals surface area contributed by atoms with E-state index in [0.717, 1.165) is 25.7 Å². The van der Waals surface area contributed by atoms with Gasteiger partial charge in [-0.1, -0.05) is 0 Å². The Bertz CT molecular complexity index is 229. The van der Waals surface area contributed by atoms with Gasteiger partial charge in [0, 0.05) is 6.54 Å². The van der Waals surface area contributed by atoms with Gasteiger partial charge in [0.25, 0.3) is 0 Å². The molecule has 2 heterocycles. The van der Waals surface area contributed by atoms with Gasteiger partial charge in [-0.15, -0.1) is 0 Å². The van der Waals surface area contributed by atoms with E-state index >= 15 is 0 Å². The molecule has 0 radical (unpaired) electrons. The van der Waals surface area contributed by atoms with Gasteiger partial charge in [-0.25, -0.2) is 0 Å². The van der Waals surface area contributed by atoms with Crippen LogP contribution in [0.25, 0.3) is 0 Å². The molecule has 0 aromatic carbocycles. The highest BCUT2D eigenvalue weighted by atomic mass is 16.5. The molecule has 3 nitrogen and oxygen atoms in total.